The molecule has 1 unspecified atom stereocenters. The monoisotopic (exact) mass is 337 g/mol. The lowest BCUT2D eigenvalue weighted by Gasteiger charge is -2.15. The van der Waals surface area contributed by atoms with Crippen LogP contribution < -0.4 is 10.1 Å². The minimum atomic E-state index is -1.22. The number of carbonyl (C=O) groups excluding carboxylic acids is 1. The van der Waals surface area contributed by atoms with E-state index < -0.39 is 11.9 Å². The highest BCUT2D eigenvalue weighted by atomic mass is 35.5. The Kier molecular flexibility index (Phi) is 5.28. The number of hydrogen-bond acceptors (Lipinski definition) is 4. The summed E-state index contributed by atoms with van der Waals surface area (Å²) in [6.45, 7) is 3.63. The number of aromatic carboxylic acids is 1. The van der Waals surface area contributed by atoms with Crippen molar-refractivity contribution in [2.45, 2.75) is 20.0 Å². The van der Waals surface area contributed by atoms with Crippen molar-refractivity contribution in [3.05, 3.63) is 52.4 Å². The maximum atomic E-state index is 12.0. The van der Waals surface area contributed by atoms with E-state index in [2.05, 4.69) is 5.32 Å². The molecule has 0 saturated carbocycles. The second kappa shape index (κ2) is 7.19. The molecule has 0 aliphatic rings. The lowest BCUT2D eigenvalue weighted by Crippen LogP contribution is -2.33. The molecule has 0 aliphatic heterocycles. The van der Waals surface area contributed by atoms with Crippen LogP contribution in [0, 0.1) is 6.92 Å². The van der Waals surface area contributed by atoms with Crippen LogP contribution in [-0.4, -0.2) is 29.6 Å². The van der Waals surface area contributed by atoms with Gasteiger partial charge in [-0.25, -0.2) is 4.79 Å². The zero-order valence-corrected chi connectivity index (χ0v) is 13.4. The number of aryl methyl sites for hydroxylation is 1. The van der Waals surface area contributed by atoms with Crippen molar-refractivity contribution < 1.29 is 23.8 Å². The summed E-state index contributed by atoms with van der Waals surface area (Å²) < 4.78 is 10.7. The second-order valence-electron chi connectivity index (χ2n) is 5.02. The van der Waals surface area contributed by atoms with Crippen molar-refractivity contribution in [2.75, 3.05) is 6.54 Å². The van der Waals surface area contributed by atoms with E-state index >= 15 is 0 Å². The molecule has 1 atom stereocenters. The van der Waals surface area contributed by atoms with Gasteiger partial charge in [-0.15, -0.1) is 0 Å². The molecular formula is C16H16ClNO5. The van der Waals surface area contributed by atoms with E-state index in [-0.39, 0.29) is 24.2 Å². The minimum absolute atomic E-state index is 0.0163. The zero-order valence-electron chi connectivity index (χ0n) is 12.6. The highest BCUT2D eigenvalue weighted by Gasteiger charge is 2.19. The molecule has 7 heteroatoms. The molecular weight excluding hydrogens is 322 g/mol. The van der Waals surface area contributed by atoms with Gasteiger partial charge in [0.25, 0.3) is 5.91 Å². The first-order chi connectivity index (χ1) is 10.9. The van der Waals surface area contributed by atoms with Gasteiger partial charge in [0, 0.05) is 10.6 Å². The third kappa shape index (κ3) is 4.50. The first kappa shape index (κ1) is 16.9. The van der Waals surface area contributed by atoms with Gasteiger partial charge in [0.05, 0.1) is 6.54 Å². The van der Waals surface area contributed by atoms with Crippen LogP contribution in [-0.2, 0) is 0 Å². The fourth-order valence-corrected chi connectivity index (χ4v) is 2.12. The van der Waals surface area contributed by atoms with Crippen LogP contribution in [0.25, 0.3) is 0 Å². The number of carboxylic acids is 1. The number of benzene rings is 1. The fraction of sp³-hybridized carbons (Fsp3) is 0.250. The summed E-state index contributed by atoms with van der Waals surface area (Å²) in [5.41, 5.74) is 0.461. The average Bonchev–Trinajstić information content (AvgIpc) is 2.87. The molecule has 0 aliphatic carbocycles. The molecule has 1 heterocycles. The smallest absolute Gasteiger partial charge is 0.371 e. The SMILES string of the molecule is Cc1cc(C(=O)O)oc1C(=O)NCC(C)Oc1cccc(Cl)c1. The van der Waals surface area contributed by atoms with E-state index in [0.29, 0.717) is 16.3 Å². The first-order valence-corrected chi connectivity index (χ1v) is 7.28. The predicted molar refractivity (Wildman–Crippen MR) is 84.3 cm³/mol. The van der Waals surface area contributed by atoms with Crippen LogP contribution in [0.2, 0.25) is 5.02 Å². The minimum Gasteiger partial charge on any atom is -0.489 e. The number of rotatable bonds is 6. The number of nitrogens with one attached hydrogen (secondary N) is 1. The van der Waals surface area contributed by atoms with E-state index in [0.717, 1.165) is 0 Å². The number of carbonyl (C=O) groups is 2. The third-order valence-corrected chi connectivity index (χ3v) is 3.25. The van der Waals surface area contributed by atoms with Gasteiger partial charge in [0.15, 0.2) is 5.76 Å². The van der Waals surface area contributed by atoms with E-state index in [9.17, 15) is 9.59 Å². The normalized spacial score (nSPS) is 11.8. The summed E-state index contributed by atoms with van der Waals surface area (Å²) in [4.78, 5) is 22.9. The van der Waals surface area contributed by atoms with E-state index in [1.807, 2.05) is 0 Å². The van der Waals surface area contributed by atoms with Gasteiger partial charge in [-0.05, 0) is 38.1 Å². The van der Waals surface area contributed by atoms with Crippen LogP contribution in [0.1, 0.15) is 33.6 Å². The zero-order chi connectivity index (χ0) is 17.0. The Bertz CT molecular complexity index is 725. The standard InChI is InChI=1S/C16H16ClNO5/c1-9-6-13(16(20)21)23-14(9)15(19)18-8-10(2)22-12-5-3-4-11(17)7-12/h3-7,10H,8H2,1-2H3,(H,18,19)(H,20,21). The third-order valence-electron chi connectivity index (χ3n) is 3.02. The summed E-state index contributed by atoms with van der Waals surface area (Å²) in [5.74, 6) is -1.39. The molecule has 2 rings (SSSR count). The fourth-order valence-electron chi connectivity index (χ4n) is 1.94. The van der Waals surface area contributed by atoms with E-state index in [1.165, 1.54) is 6.07 Å². The van der Waals surface area contributed by atoms with Gasteiger partial charge in [0.2, 0.25) is 5.76 Å². The molecule has 2 aromatic rings. The van der Waals surface area contributed by atoms with E-state index in [4.69, 9.17) is 25.9 Å². The molecule has 0 fully saturated rings. The lowest BCUT2D eigenvalue weighted by atomic mass is 10.2. The Balaban J connectivity index is 1.92. The molecule has 2 N–H and O–H groups in total. The molecule has 122 valence electrons. The Morgan fingerprint density at radius 3 is 2.74 bits per heavy atom. The number of carboxylic acid groups (broad SMARTS) is 1. The molecule has 23 heavy (non-hydrogen) atoms. The van der Waals surface area contributed by atoms with Crippen molar-refractivity contribution in [3.63, 3.8) is 0 Å². The Morgan fingerprint density at radius 1 is 1.39 bits per heavy atom. The van der Waals surface area contributed by atoms with Crippen LogP contribution in [0.3, 0.4) is 0 Å². The Labute approximate surface area is 138 Å². The number of hydrogen-bond donors (Lipinski definition) is 2. The summed E-state index contributed by atoms with van der Waals surface area (Å²) >= 11 is 5.87. The molecule has 0 bridgehead atoms. The number of halogens is 1. The number of furan rings is 1. The number of ether oxygens (including phenoxy) is 1. The van der Waals surface area contributed by atoms with Gasteiger partial charge < -0.3 is 19.6 Å². The maximum absolute atomic E-state index is 12.0. The Morgan fingerprint density at radius 2 is 2.13 bits per heavy atom. The van der Waals surface area contributed by atoms with Gasteiger partial charge in [0.1, 0.15) is 11.9 Å². The van der Waals surface area contributed by atoms with Crippen molar-refractivity contribution in [3.8, 4) is 5.75 Å². The summed E-state index contributed by atoms with van der Waals surface area (Å²) in [6, 6.07) is 8.25. The largest absolute Gasteiger partial charge is 0.489 e. The molecule has 1 aromatic carbocycles. The van der Waals surface area contributed by atoms with E-state index in [1.54, 1.807) is 38.1 Å². The topological polar surface area (TPSA) is 88.8 Å². The van der Waals surface area contributed by atoms with Gasteiger partial charge in [-0.1, -0.05) is 17.7 Å². The number of amides is 1. The lowest BCUT2D eigenvalue weighted by molar-refractivity contribution is 0.0659. The quantitative estimate of drug-likeness (QED) is 0.845. The summed E-state index contributed by atoms with van der Waals surface area (Å²) in [5, 5.41) is 12.1. The van der Waals surface area contributed by atoms with Crippen LogP contribution >= 0.6 is 11.6 Å². The molecule has 0 spiro atoms. The average molecular weight is 338 g/mol. The molecule has 0 saturated heterocycles. The van der Waals surface area contributed by atoms with Crippen LogP contribution in [0.15, 0.2) is 34.7 Å². The van der Waals surface area contributed by atoms with Crippen molar-refractivity contribution >= 4 is 23.5 Å². The molecule has 1 amide bonds. The van der Waals surface area contributed by atoms with Gasteiger partial charge >= 0.3 is 5.97 Å². The highest BCUT2D eigenvalue weighted by Crippen LogP contribution is 2.18. The molecule has 0 radical (unpaired) electrons. The van der Waals surface area contributed by atoms with Crippen molar-refractivity contribution in [2.24, 2.45) is 0 Å². The molecule has 1 aromatic heterocycles. The maximum Gasteiger partial charge on any atom is 0.371 e. The second-order valence-corrected chi connectivity index (χ2v) is 5.46. The molecule has 6 nitrogen and oxygen atoms in total. The predicted octanol–water partition coefficient (Wildman–Crippen LogP) is 3.14. The Hall–Kier alpha value is -2.47. The van der Waals surface area contributed by atoms with Gasteiger partial charge in [-0.2, -0.15) is 0 Å². The van der Waals surface area contributed by atoms with Gasteiger partial charge in [-0.3, -0.25) is 4.79 Å². The van der Waals surface area contributed by atoms with Crippen molar-refractivity contribution in [1.29, 1.82) is 0 Å². The van der Waals surface area contributed by atoms with Crippen LogP contribution in [0.4, 0.5) is 0 Å². The summed E-state index contributed by atoms with van der Waals surface area (Å²) in [7, 11) is 0. The van der Waals surface area contributed by atoms with Crippen molar-refractivity contribution in [1.82, 2.24) is 5.32 Å². The first-order valence-electron chi connectivity index (χ1n) is 6.91. The highest BCUT2D eigenvalue weighted by molar-refractivity contribution is 6.30. The van der Waals surface area contributed by atoms with Crippen LogP contribution in [0.5, 0.6) is 5.75 Å². The summed E-state index contributed by atoms with van der Waals surface area (Å²) in [6.07, 6.45) is -0.299.